The lowest BCUT2D eigenvalue weighted by Gasteiger charge is -2.14. The smallest absolute Gasteiger partial charge is 0.124 e. The molecule has 4 rings (SSSR count). The third-order valence-corrected chi connectivity index (χ3v) is 4.77. The fourth-order valence-electron chi connectivity index (χ4n) is 3.14. The molecule has 0 aromatic heterocycles. The lowest BCUT2D eigenvalue weighted by atomic mass is 9.92. The monoisotopic (exact) mass is 350 g/mol. The number of phenols is 2. The minimum atomic E-state index is 0.132. The van der Waals surface area contributed by atoms with Crippen molar-refractivity contribution < 1.29 is 10.2 Å². The van der Waals surface area contributed by atoms with Crippen molar-refractivity contribution in [3.05, 3.63) is 60.7 Å². The predicted molar refractivity (Wildman–Crippen MR) is 105 cm³/mol. The summed E-state index contributed by atoms with van der Waals surface area (Å²) < 4.78 is 0. The molecule has 0 aliphatic carbocycles. The van der Waals surface area contributed by atoms with E-state index in [0.717, 1.165) is 31.3 Å². The molecule has 0 bridgehead atoms. The topological polar surface area (TPSA) is 40.5 Å². The normalized spacial score (nSPS) is 11.2. The molecule has 0 unspecified atom stereocenters. The summed E-state index contributed by atoms with van der Waals surface area (Å²) in [6.45, 7) is 0. The molecule has 0 heterocycles. The molecule has 2 N–H and O–H groups in total. The highest BCUT2D eigenvalue weighted by Crippen LogP contribution is 2.44. The predicted octanol–water partition coefficient (Wildman–Crippen LogP) is 5.65. The third kappa shape index (κ3) is 2.39. The second-order valence-corrected chi connectivity index (χ2v) is 6.76. The van der Waals surface area contributed by atoms with Gasteiger partial charge in [0.05, 0.1) is 0 Å². The van der Waals surface area contributed by atoms with Crippen LogP contribution in [-0.4, -0.2) is 10.2 Å². The number of thiol groups is 2. The molecule has 0 amide bonds. The number of benzene rings is 4. The zero-order valence-electron chi connectivity index (χ0n) is 12.6. The van der Waals surface area contributed by atoms with Crippen LogP contribution >= 0.6 is 25.3 Å². The van der Waals surface area contributed by atoms with Gasteiger partial charge in [-0.2, -0.15) is 0 Å². The lowest BCUT2D eigenvalue weighted by molar-refractivity contribution is 0.470. The zero-order valence-corrected chi connectivity index (χ0v) is 14.4. The third-order valence-electron chi connectivity index (χ3n) is 4.21. The Balaban J connectivity index is 2.17. The first kappa shape index (κ1) is 15.2. The molecular formula is C20H14O2S2. The Kier molecular flexibility index (Phi) is 3.59. The van der Waals surface area contributed by atoms with E-state index >= 15 is 0 Å². The van der Waals surface area contributed by atoms with E-state index in [4.69, 9.17) is 0 Å². The Morgan fingerprint density at radius 3 is 1.38 bits per heavy atom. The van der Waals surface area contributed by atoms with E-state index in [-0.39, 0.29) is 11.5 Å². The highest BCUT2D eigenvalue weighted by molar-refractivity contribution is 7.80. The Hall–Kier alpha value is -2.30. The number of rotatable bonds is 1. The molecule has 0 saturated heterocycles. The van der Waals surface area contributed by atoms with Crippen LogP contribution in [-0.2, 0) is 0 Å². The van der Waals surface area contributed by atoms with Gasteiger partial charge >= 0.3 is 0 Å². The molecule has 4 heteroatoms. The summed E-state index contributed by atoms with van der Waals surface area (Å²) in [5, 5.41) is 24.7. The zero-order chi connectivity index (χ0) is 16.8. The van der Waals surface area contributed by atoms with Crippen molar-refractivity contribution in [2.45, 2.75) is 9.79 Å². The van der Waals surface area contributed by atoms with Gasteiger partial charge in [-0.25, -0.2) is 0 Å². The summed E-state index contributed by atoms with van der Waals surface area (Å²) in [4.78, 5) is 1.70. The summed E-state index contributed by atoms with van der Waals surface area (Å²) in [7, 11) is 0. The van der Waals surface area contributed by atoms with Gasteiger partial charge in [-0.1, -0.05) is 24.3 Å². The van der Waals surface area contributed by atoms with Crippen molar-refractivity contribution in [1.29, 1.82) is 0 Å². The van der Waals surface area contributed by atoms with Gasteiger partial charge in [0.2, 0.25) is 0 Å². The number of hydrogen-bond donors (Lipinski definition) is 4. The van der Waals surface area contributed by atoms with Crippen molar-refractivity contribution >= 4 is 46.8 Å². The van der Waals surface area contributed by atoms with Crippen LogP contribution in [0.5, 0.6) is 11.5 Å². The van der Waals surface area contributed by atoms with Crippen molar-refractivity contribution in [2.75, 3.05) is 0 Å². The molecule has 4 aromatic carbocycles. The Labute approximate surface area is 150 Å². The van der Waals surface area contributed by atoms with Gasteiger partial charge in [0.15, 0.2) is 0 Å². The maximum absolute atomic E-state index is 10.5. The molecule has 24 heavy (non-hydrogen) atoms. The van der Waals surface area contributed by atoms with Gasteiger partial charge in [0, 0.05) is 20.9 Å². The van der Waals surface area contributed by atoms with Crippen LogP contribution in [0, 0.1) is 0 Å². The summed E-state index contributed by atoms with van der Waals surface area (Å²) in [5.41, 5.74) is 1.24. The Morgan fingerprint density at radius 1 is 0.542 bits per heavy atom. The Bertz CT molecular complexity index is 1010. The molecule has 0 spiro atoms. The molecule has 0 radical (unpaired) electrons. The quantitative estimate of drug-likeness (QED) is 0.335. The van der Waals surface area contributed by atoms with E-state index in [0.29, 0.717) is 11.1 Å². The summed E-state index contributed by atoms with van der Waals surface area (Å²) in [5.74, 6) is 0.263. The minimum absolute atomic E-state index is 0.132. The van der Waals surface area contributed by atoms with Crippen molar-refractivity contribution in [3.63, 3.8) is 0 Å². The first-order valence-corrected chi connectivity index (χ1v) is 8.34. The van der Waals surface area contributed by atoms with E-state index in [9.17, 15) is 10.2 Å². The first-order valence-electron chi connectivity index (χ1n) is 7.44. The van der Waals surface area contributed by atoms with E-state index in [2.05, 4.69) is 25.3 Å². The van der Waals surface area contributed by atoms with Crippen LogP contribution in [0.15, 0.2) is 70.5 Å². The van der Waals surface area contributed by atoms with Crippen molar-refractivity contribution in [2.24, 2.45) is 0 Å². The molecule has 0 atom stereocenters. The highest BCUT2D eigenvalue weighted by atomic mass is 32.1. The minimum Gasteiger partial charge on any atom is -0.507 e. The van der Waals surface area contributed by atoms with E-state index in [1.165, 1.54) is 0 Å². The summed E-state index contributed by atoms with van der Waals surface area (Å²) in [6.07, 6.45) is 0. The summed E-state index contributed by atoms with van der Waals surface area (Å²) >= 11 is 8.76. The van der Waals surface area contributed by atoms with Gasteiger partial charge in [-0.3, -0.25) is 0 Å². The molecule has 0 fully saturated rings. The maximum Gasteiger partial charge on any atom is 0.124 e. The van der Waals surface area contributed by atoms with Gasteiger partial charge in [-0.05, 0) is 57.9 Å². The highest BCUT2D eigenvalue weighted by Gasteiger charge is 2.16. The van der Waals surface area contributed by atoms with Gasteiger partial charge < -0.3 is 10.2 Å². The van der Waals surface area contributed by atoms with E-state index in [1.54, 1.807) is 12.1 Å². The average Bonchev–Trinajstić information content (AvgIpc) is 2.56. The molecule has 2 nitrogen and oxygen atoms in total. The number of aromatic hydroxyl groups is 2. The second kappa shape index (κ2) is 5.65. The maximum atomic E-state index is 10.5. The van der Waals surface area contributed by atoms with Crippen LogP contribution in [0.4, 0.5) is 0 Å². The fourth-order valence-corrected chi connectivity index (χ4v) is 3.56. The lowest BCUT2D eigenvalue weighted by Crippen LogP contribution is -1.87. The number of fused-ring (bicyclic) bond motifs is 2. The fraction of sp³-hybridized carbons (Fsp3) is 0. The van der Waals surface area contributed by atoms with E-state index < -0.39 is 0 Å². The van der Waals surface area contributed by atoms with Crippen molar-refractivity contribution in [3.8, 4) is 22.6 Å². The van der Waals surface area contributed by atoms with Crippen LogP contribution in [0.2, 0.25) is 0 Å². The van der Waals surface area contributed by atoms with Crippen LogP contribution in [0.1, 0.15) is 0 Å². The Morgan fingerprint density at radius 2 is 0.958 bits per heavy atom. The standard InChI is InChI=1S/C20H14O2S2/c21-17-7-1-11-9-13(23)3-5-15(11)19(17)20-16-6-4-14(24)10-12(16)2-8-18(20)22/h1-10,21-24H. The van der Waals surface area contributed by atoms with Gasteiger partial charge in [0.1, 0.15) is 11.5 Å². The summed E-state index contributed by atoms with van der Waals surface area (Å²) in [6, 6.07) is 18.5. The number of hydrogen-bond acceptors (Lipinski definition) is 4. The second-order valence-electron chi connectivity index (χ2n) is 5.73. The van der Waals surface area contributed by atoms with Gasteiger partial charge in [0.25, 0.3) is 0 Å². The molecule has 118 valence electrons. The molecule has 0 aliphatic heterocycles. The van der Waals surface area contributed by atoms with Crippen LogP contribution in [0.3, 0.4) is 0 Å². The first-order chi connectivity index (χ1) is 11.5. The van der Waals surface area contributed by atoms with E-state index in [1.807, 2.05) is 48.5 Å². The van der Waals surface area contributed by atoms with Crippen LogP contribution < -0.4 is 0 Å². The average molecular weight is 350 g/mol. The molecular weight excluding hydrogens is 336 g/mol. The van der Waals surface area contributed by atoms with Gasteiger partial charge in [-0.15, -0.1) is 25.3 Å². The largest absolute Gasteiger partial charge is 0.507 e. The SMILES string of the molecule is Oc1ccc2cc(S)ccc2c1-c1c(O)ccc2cc(S)ccc12. The molecule has 0 saturated carbocycles. The van der Waals surface area contributed by atoms with Crippen molar-refractivity contribution in [1.82, 2.24) is 0 Å². The number of phenolic OH excluding ortho intramolecular Hbond substituents is 2. The van der Waals surface area contributed by atoms with Crippen LogP contribution in [0.25, 0.3) is 32.7 Å². The molecule has 0 aliphatic rings. The molecule has 4 aromatic rings.